The summed E-state index contributed by atoms with van der Waals surface area (Å²) in [6, 6.07) is 6.25. The highest BCUT2D eigenvalue weighted by molar-refractivity contribution is 6.31. The zero-order valence-corrected chi connectivity index (χ0v) is 14.5. The first-order chi connectivity index (χ1) is 9.90. The largest absolute Gasteiger partial charge is 0.369 e. The van der Waals surface area contributed by atoms with E-state index in [1.807, 2.05) is 6.07 Å². The Morgan fingerprint density at radius 2 is 1.81 bits per heavy atom. The molecule has 1 N–H and O–H groups in total. The minimum atomic E-state index is 0.0946. The molecule has 0 radical (unpaired) electrons. The molecule has 0 unspecified atom stereocenters. The highest BCUT2D eigenvalue weighted by Crippen LogP contribution is 2.28. The van der Waals surface area contributed by atoms with Crippen LogP contribution in [0, 0.1) is 0 Å². The molecule has 3 nitrogen and oxygen atoms in total. The van der Waals surface area contributed by atoms with Gasteiger partial charge in [-0.05, 0) is 39.4 Å². The van der Waals surface area contributed by atoms with Crippen LogP contribution in [-0.4, -0.2) is 43.2 Å². The van der Waals surface area contributed by atoms with Gasteiger partial charge in [0.25, 0.3) is 0 Å². The Kier molecular flexibility index (Phi) is 5.53. The van der Waals surface area contributed by atoms with Crippen molar-refractivity contribution in [2.45, 2.75) is 39.8 Å². The van der Waals surface area contributed by atoms with Gasteiger partial charge >= 0.3 is 0 Å². The Morgan fingerprint density at radius 1 is 1.14 bits per heavy atom. The maximum atomic E-state index is 6.46. The Morgan fingerprint density at radius 3 is 2.38 bits per heavy atom. The van der Waals surface area contributed by atoms with Crippen LogP contribution in [0.2, 0.25) is 5.02 Å². The molecule has 0 spiro atoms. The van der Waals surface area contributed by atoms with E-state index in [1.54, 1.807) is 0 Å². The van der Waals surface area contributed by atoms with Crippen molar-refractivity contribution in [3.63, 3.8) is 0 Å². The Labute approximate surface area is 134 Å². The summed E-state index contributed by atoms with van der Waals surface area (Å²) in [5.74, 6) is 0. The number of hydrogen-bond acceptors (Lipinski definition) is 3. The van der Waals surface area contributed by atoms with Crippen molar-refractivity contribution in [1.82, 2.24) is 10.2 Å². The van der Waals surface area contributed by atoms with Crippen molar-refractivity contribution in [3.8, 4) is 0 Å². The summed E-state index contributed by atoms with van der Waals surface area (Å²) in [4.78, 5) is 4.96. The van der Waals surface area contributed by atoms with Gasteiger partial charge in [0.15, 0.2) is 0 Å². The van der Waals surface area contributed by atoms with Crippen LogP contribution >= 0.6 is 11.6 Å². The molecule has 0 amide bonds. The third-order valence-corrected chi connectivity index (χ3v) is 4.40. The average Bonchev–Trinajstić information content (AvgIpc) is 2.45. The fraction of sp³-hybridized carbons (Fsp3) is 0.647. The average molecular weight is 310 g/mol. The maximum Gasteiger partial charge on any atom is 0.0471 e. The van der Waals surface area contributed by atoms with E-state index in [0.29, 0.717) is 0 Å². The zero-order chi connectivity index (χ0) is 15.5. The molecule has 21 heavy (non-hydrogen) atoms. The third-order valence-electron chi connectivity index (χ3n) is 4.05. The molecule has 118 valence electrons. The summed E-state index contributed by atoms with van der Waals surface area (Å²) in [6.07, 6.45) is 0. The summed E-state index contributed by atoms with van der Waals surface area (Å²) in [5.41, 5.74) is 2.60. The number of nitrogens with one attached hydrogen (secondary N) is 1. The lowest BCUT2D eigenvalue weighted by Gasteiger charge is -2.37. The van der Waals surface area contributed by atoms with Crippen molar-refractivity contribution >= 4 is 17.3 Å². The van der Waals surface area contributed by atoms with Crippen molar-refractivity contribution < 1.29 is 0 Å². The molecule has 0 atom stereocenters. The predicted molar refractivity (Wildman–Crippen MR) is 92.4 cm³/mol. The highest BCUT2D eigenvalue weighted by Gasteiger charge is 2.20. The molecule has 1 aromatic rings. The lowest BCUT2D eigenvalue weighted by molar-refractivity contribution is 0.271. The molecule has 0 aromatic heterocycles. The molecule has 4 heteroatoms. The highest BCUT2D eigenvalue weighted by atomic mass is 35.5. The van der Waals surface area contributed by atoms with Crippen molar-refractivity contribution in [2.24, 2.45) is 0 Å². The first-order valence-electron chi connectivity index (χ1n) is 7.90. The van der Waals surface area contributed by atoms with Crippen LogP contribution in [0.1, 0.15) is 33.3 Å². The topological polar surface area (TPSA) is 18.5 Å². The van der Waals surface area contributed by atoms with Crippen LogP contribution in [0.5, 0.6) is 0 Å². The molecular formula is C17H28ClN3. The van der Waals surface area contributed by atoms with Crippen molar-refractivity contribution in [1.29, 1.82) is 0 Å². The van der Waals surface area contributed by atoms with Crippen molar-refractivity contribution in [2.75, 3.05) is 37.6 Å². The lowest BCUT2D eigenvalue weighted by Crippen LogP contribution is -2.46. The number of nitrogens with zero attached hydrogens (tertiary/aromatic N) is 2. The molecule has 1 fully saturated rings. The maximum absolute atomic E-state index is 6.46. The van der Waals surface area contributed by atoms with E-state index < -0.39 is 0 Å². The first-order valence-corrected chi connectivity index (χ1v) is 8.28. The van der Waals surface area contributed by atoms with Gasteiger partial charge in [0, 0.05) is 54.5 Å². The van der Waals surface area contributed by atoms with E-state index in [4.69, 9.17) is 11.6 Å². The summed E-state index contributed by atoms with van der Waals surface area (Å²) in [5, 5.41) is 4.42. The number of anilines is 1. The van der Waals surface area contributed by atoms with Gasteiger partial charge < -0.3 is 15.1 Å². The van der Waals surface area contributed by atoms with E-state index in [2.05, 4.69) is 54.9 Å². The molecule has 1 heterocycles. The molecule has 0 aliphatic carbocycles. The van der Waals surface area contributed by atoms with Crippen LogP contribution in [0.3, 0.4) is 0 Å². The Bertz CT molecular complexity index is 460. The van der Waals surface area contributed by atoms with E-state index in [0.717, 1.165) is 44.3 Å². The van der Waals surface area contributed by atoms with E-state index in [1.165, 1.54) is 11.3 Å². The van der Waals surface area contributed by atoms with Crippen LogP contribution in [0.15, 0.2) is 18.2 Å². The monoisotopic (exact) mass is 309 g/mol. The van der Waals surface area contributed by atoms with Gasteiger partial charge in [0.2, 0.25) is 0 Å². The SMILES string of the molecule is CCN1CCN(c2cccc(Cl)c2CNC(C)(C)C)CC1. The second kappa shape index (κ2) is 6.99. The lowest BCUT2D eigenvalue weighted by atomic mass is 10.1. The smallest absolute Gasteiger partial charge is 0.0471 e. The summed E-state index contributed by atoms with van der Waals surface area (Å²) in [7, 11) is 0. The summed E-state index contributed by atoms with van der Waals surface area (Å²) >= 11 is 6.46. The van der Waals surface area contributed by atoms with Crippen LogP contribution in [0.4, 0.5) is 5.69 Å². The second-order valence-electron chi connectivity index (χ2n) is 6.76. The summed E-state index contributed by atoms with van der Waals surface area (Å²) < 4.78 is 0. The molecule has 1 aromatic carbocycles. The summed E-state index contributed by atoms with van der Waals surface area (Å²) in [6.45, 7) is 15.2. The second-order valence-corrected chi connectivity index (χ2v) is 7.17. The molecule has 2 rings (SSSR count). The first kappa shape index (κ1) is 16.6. The van der Waals surface area contributed by atoms with Gasteiger partial charge in [0.05, 0.1) is 0 Å². The van der Waals surface area contributed by atoms with Gasteiger partial charge in [-0.15, -0.1) is 0 Å². The predicted octanol–water partition coefficient (Wildman–Crippen LogP) is 3.37. The van der Waals surface area contributed by atoms with E-state index in [-0.39, 0.29) is 5.54 Å². The molecule has 0 bridgehead atoms. The van der Waals surface area contributed by atoms with Crippen molar-refractivity contribution in [3.05, 3.63) is 28.8 Å². The number of hydrogen-bond donors (Lipinski definition) is 1. The minimum Gasteiger partial charge on any atom is -0.369 e. The standard InChI is InChI=1S/C17H28ClN3/c1-5-20-9-11-21(12-10-20)16-8-6-7-15(18)14(16)13-19-17(2,3)4/h6-8,19H,5,9-13H2,1-4H3. The zero-order valence-electron chi connectivity index (χ0n) is 13.7. The van der Waals surface area contributed by atoms with Gasteiger partial charge in [-0.1, -0.05) is 24.6 Å². The fourth-order valence-electron chi connectivity index (χ4n) is 2.68. The molecule has 1 aliphatic heterocycles. The van der Waals surface area contributed by atoms with Crippen LogP contribution < -0.4 is 10.2 Å². The minimum absolute atomic E-state index is 0.0946. The quantitative estimate of drug-likeness (QED) is 0.920. The van der Waals surface area contributed by atoms with Gasteiger partial charge in [-0.25, -0.2) is 0 Å². The fourth-order valence-corrected chi connectivity index (χ4v) is 2.91. The molecule has 0 saturated carbocycles. The van der Waals surface area contributed by atoms with Gasteiger partial charge in [-0.2, -0.15) is 0 Å². The number of piperazine rings is 1. The number of halogens is 1. The normalized spacial score (nSPS) is 17.3. The molecular weight excluding hydrogens is 282 g/mol. The number of likely N-dealkylation sites (N-methyl/N-ethyl adjacent to an activating group) is 1. The Hall–Kier alpha value is -0.770. The number of benzene rings is 1. The number of rotatable bonds is 4. The third kappa shape index (κ3) is 4.60. The van der Waals surface area contributed by atoms with Gasteiger partial charge in [-0.3, -0.25) is 0 Å². The van der Waals surface area contributed by atoms with E-state index >= 15 is 0 Å². The van der Waals surface area contributed by atoms with Crippen LogP contribution in [-0.2, 0) is 6.54 Å². The van der Waals surface area contributed by atoms with Crippen LogP contribution in [0.25, 0.3) is 0 Å². The molecule has 1 saturated heterocycles. The Balaban J connectivity index is 2.14. The van der Waals surface area contributed by atoms with E-state index in [9.17, 15) is 0 Å². The molecule has 1 aliphatic rings. The van der Waals surface area contributed by atoms with Gasteiger partial charge in [0.1, 0.15) is 0 Å².